The van der Waals surface area contributed by atoms with E-state index in [9.17, 15) is 17.6 Å². The summed E-state index contributed by atoms with van der Waals surface area (Å²) < 4.78 is 41.4. The summed E-state index contributed by atoms with van der Waals surface area (Å²) in [5.74, 6) is -1.19. The number of anilines is 1. The van der Waals surface area contributed by atoms with Crippen LogP contribution in [0.5, 0.6) is 0 Å². The van der Waals surface area contributed by atoms with Gasteiger partial charge in [0.25, 0.3) is 5.91 Å². The Kier molecular flexibility index (Phi) is 4.08. The van der Waals surface area contributed by atoms with Gasteiger partial charge in [0, 0.05) is 23.3 Å². The molecule has 2 aliphatic rings. The number of fused-ring (bicyclic) bond motifs is 1. The minimum absolute atomic E-state index is 0.0467. The summed E-state index contributed by atoms with van der Waals surface area (Å²) in [4.78, 5) is 14.2. The molecule has 0 radical (unpaired) electrons. The van der Waals surface area contributed by atoms with E-state index < -0.39 is 20.7 Å². The van der Waals surface area contributed by atoms with Gasteiger partial charge in [-0.05, 0) is 56.0 Å². The van der Waals surface area contributed by atoms with Crippen LogP contribution in [0.15, 0.2) is 47.4 Å². The fourth-order valence-electron chi connectivity index (χ4n) is 3.34. The summed E-state index contributed by atoms with van der Waals surface area (Å²) >= 11 is 0. The van der Waals surface area contributed by atoms with Gasteiger partial charge in [-0.25, -0.2) is 17.5 Å². The molecule has 1 aliphatic heterocycles. The highest BCUT2D eigenvalue weighted by atomic mass is 32.2. The number of carbonyl (C=O) groups is 1. The minimum Gasteiger partial charge on any atom is -0.305 e. The lowest BCUT2D eigenvalue weighted by molar-refractivity contribution is 0.0981. The van der Waals surface area contributed by atoms with Gasteiger partial charge in [0.2, 0.25) is 10.0 Å². The molecule has 1 aliphatic carbocycles. The van der Waals surface area contributed by atoms with Crippen molar-refractivity contribution >= 4 is 21.6 Å². The van der Waals surface area contributed by atoms with Crippen LogP contribution in [0.25, 0.3) is 0 Å². The number of para-hydroxylation sites is 1. The number of hydrogen-bond donors (Lipinski definition) is 1. The summed E-state index contributed by atoms with van der Waals surface area (Å²) in [6, 6.07) is 11.0. The standard InChI is InChI=1S/C19H19FN2O3S/c1-12-10-13-4-2-3-5-17(13)22(12)19(23)14-6-9-16(20)18(11-14)26(24,25)21-15-7-8-15/h2-6,9,11-12,15,21H,7-8,10H2,1H3. The molecule has 2 aromatic rings. The van der Waals surface area contributed by atoms with Crippen molar-refractivity contribution in [3.8, 4) is 0 Å². The molecule has 136 valence electrons. The van der Waals surface area contributed by atoms with Gasteiger partial charge in [-0.3, -0.25) is 4.79 Å². The van der Waals surface area contributed by atoms with E-state index >= 15 is 0 Å². The fraction of sp³-hybridized carbons (Fsp3) is 0.316. The first-order chi connectivity index (χ1) is 12.4. The van der Waals surface area contributed by atoms with E-state index in [0.29, 0.717) is 0 Å². The zero-order valence-electron chi connectivity index (χ0n) is 14.3. The Morgan fingerprint density at radius 2 is 1.92 bits per heavy atom. The van der Waals surface area contributed by atoms with E-state index in [1.807, 2.05) is 31.2 Å². The van der Waals surface area contributed by atoms with Crippen LogP contribution < -0.4 is 9.62 Å². The van der Waals surface area contributed by atoms with E-state index in [0.717, 1.165) is 42.6 Å². The van der Waals surface area contributed by atoms with Gasteiger partial charge >= 0.3 is 0 Å². The molecule has 2 aromatic carbocycles. The molecule has 0 aromatic heterocycles. The summed E-state index contributed by atoms with van der Waals surface area (Å²) in [6.45, 7) is 1.94. The molecule has 1 N–H and O–H groups in total. The lowest BCUT2D eigenvalue weighted by atomic mass is 10.1. The SMILES string of the molecule is CC1Cc2ccccc2N1C(=O)c1ccc(F)c(S(=O)(=O)NC2CC2)c1. The fourth-order valence-corrected chi connectivity index (χ4v) is 4.75. The number of carbonyl (C=O) groups excluding carboxylic acids is 1. The van der Waals surface area contributed by atoms with Gasteiger partial charge in [0.1, 0.15) is 10.7 Å². The van der Waals surface area contributed by atoms with Gasteiger partial charge in [-0.15, -0.1) is 0 Å². The highest BCUT2D eigenvalue weighted by Gasteiger charge is 2.33. The number of hydrogen-bond acceptors (Lipinski definition) is 3. The summed E-state index contributed by atoms with van der Waals surface area (Å²) in [6.07, 6.45) is 2.24. The molecule has 26 heavy (non-hydrogen) atoms. The largest absolute Gasteiger partial charge is 0.305 e. The monoisotopic (exact) mass is 374 g/mol. The molecule has 0 saturated heterocycles. The van der Waals surface area contributed by atoms with E-state index in [1.165, 1.54) is 6.07 Å². The number of rotatable bonds is 4. The molecule has 1 fully saturated rings. The van der Waals surface area contributed by atoms with Crippen molar-refractivity contribution in [2.75, 3.05) is 4.90 Å². The molecule has 1 amide bonds. The number of sulfonamides is 1. The molecule has 1 saturated carbocycles. The van der Waals surface area contributed by atoms with Crippen molar-refractivity contribution in [1.29, 1.82) is 0 Å². The lowest BCUT2D eigenvalue weighted by Crippen LogP contribution is -2.36. The van der Waals surface area contributed by atoms with E-state index in [4.69, 9.17) is 0 Å². The van der Waals surface area contributed by atoms with Crippen molar-refractivity contribution in [1.82, 2.24) is 4.72 Å². The quantitative estimate of drug-likeness (QED) is 0.895. The molecule has 1 atom stereocenters. The Morgan fingerprint density at radius 1 is 1.19 bits per heavy atom. The van der Waals surface area contributed by atoms with Gasteiger partial charge in [0.05, 0.1) is 0 Å². The van der Waals surface area contributed by atoms with E-state index in [1.54, 1.807) is 4.90 Å². The van der Waals surface area contributed by atoms with Crippen molar-refractivity contribution in [2.45, 2.75) is 43.2 Å². The second-order valence-electron chi connectivity index (χ2n) is 6.90. The average molecular weight is 374 g/mol. The van der Waals surface area contributed by atoms with Crippen molar-refractivity contribution in [3.63, 3.8) is 0 Å². The smallest absolute Gasteiger partial charge is 0.258 e. The molecule has 4 rings (SSSR count). The Morgan fingerprint density at radius 3 is 2.65 bits per heavy atom. The van der Waals surface area contributed by atoms with Crippen LogP contribution in [0.1, 0.15) is 35.7 Å². The summed E-state index contributed by atoms with van der Waals surface area (Å²) in [7, 11) is -3.98. The third kappa shape index (κ3) is 3.01. The maximum Gasteiger partial charge on any atom is 0.258 e. The van der Waals surface area contributed by atoms with Crippen LogP contribution in [-0.2, 0) is 16.4 Å². The normalized spacial score (nSPS) is 19.5. The zero-order valence-corrected chi connectivity index (χ0v) is 15.1. The van der Waals surface area contributed by atoms with Crippen LogP contribution in [-0.4, -0.2) is 26.4 Å². The summed E-state index contributed by atoms with van der Waals surface area (Å²) in [5, 5.41) is 0. The van der Waals surface area contributed by atoms with Gasteiger partial charge in [0.15, 0.2) is 0 Å². The first-order valence-corrected chi connectivity index (χ1v) is 10.1. The molecule has 5 nitrogen and oxygen atoms in total. The Labute approximate surface area is 151 Å². The molecular weight excluding hydrogens is 355 g/mol. The molecule has 1 unspecified atom stereocenters. The second kappa shape index (κ2) is 6.17. The lowest BCUT2D eigenvalue weighted by Gasteiger charge is -2.23. The van der Waals surface area contributed by atoms with Crippen LogP contribution in [0, 0.1) is 5.82 Å². The molecular formula is C19H19FN2O3S. The topological polar surface area (TPSA) is 66.5 Å². The van der Waals surface area contributed by atoms with Crippen LogP contribution in [0.3, 0.4) is 0 Å². The molecule has 0 spiro atoms. The Hall–Kier alpha value is -2.25. The third-order valence-electron chi connectivity index (χ3n) is 4.79. The third-order valence-corrected chi connectivity index (χ3v) is 6.33. The van der Waals surface area contributed by atoms with Crippen LogP contribution >= 0.6 is 0 Å². The number of amides is 1. The Balaban J connectivity index is 1.70. The van der Waals surface area contributed by atoms with E-state index in [2.05, 4.69) is 4.72 Å². The van der Waals surface area contributed by atoms with Gasteiger partial charge in [-0.1, -0.05) is 18.2 Å². The predicted octanol–water partition coefficient (Wildman–Crippen LogP) is 2.86. The molecule has 7 heteroatoms. The number of nitrogens with zero attached hydrogens (tertiary/aromatic N) is 1. The molecule has 1 heterocycles. The van der Waals surface area contributed by atoms with E-state index in [-0.39, 0.29) is 23.6 Å². The predicted molar refractivity (Wildman–Crippen MR) is 96.2 cm³/mol. The number of nitrogens with one attached hydrogen (secondary N) is 1. The highest BCUT2D eigenvalue weighted by molar-refractivity contribution is 7.89. The van der Waals surface area contributed by atoms with Gasteiger partial charge in [-0.2, -0.15) is 0 Å². The number of halogens is 1. The maximum absolute atomic E-state index is 14.1. The van der Waals surface area contributed by atoms with Crippen LogP contribution in [0.2, 0.25) is 0 Å². The Bertz CT molecular complexity index is 986. The van der Waals surface area contributed by atoms with Gasteiger partial charge < -0.3 is 4.90 Å². The minimum atomic E-state index is -3.98. The average Bonchev–Trinajstić information content (AvgIpc) is 3.33. The number of benzene rings is 2. The first-order valence-electron chi connectivity index (χ1n) is 8.60. The first kappa shape index (κ1) is 17.2. The molecule has 0 bridgehead atoms. The highest BCUT2D eigenvalue weighted by Crippen LogP contribution is 2.33. The second-order valence-corrected chi connectivity index (χ2v) is 8.58. The maximum atomic E-state index is 14.1. The van der Waals surface area contributed by atoms with Crippen molar-refractivity contribution in [3.05, 3.63) is 59.4 Å². The summed E-state index contributed by atoms with van der Waals surface area (Å²) in [5.41, 5.74) is 2.04. The van der Waals surface area contributed by atoms with Crippen molar-refractivity contribution in [2.24, 2.45) is 0 Å². The van der Waals surface area contributed by atoms with Crippen LogP contribution in [0.4, 0.5) is 10.1 Å². The van der Waals surface area contributed by atoms with Crippen molar-refractivity contribution < 1.29 is 17.6 Å². The zero-order chi connectivity index (χ0) is 18.5.